The van der Waals surface area contributed by atoms with Gasteiger partial charge in [-0.15, -0.1) is 0 Å². The van der Waals surface area contributed by atoms with Crippen LogP contribution in [0.25, 0.3) is 0 Å². The summed E-state index contributed by atoms with van der Waals surface area (Å²) in [7, 11) is 1.63. The summed E-state index contributed by atoms with van der Waals surface area (Å²) in [5, 5.41) is 3.55. The summed E-state index contributed by atoms with van der Waals surface area (Å²) < 4.78 is 10.4. The molecule has 2 rings (SSSR count). The van der Waals surface area contributed by atoms with Crippen molar-refractivity contribution in [1.29, 1.82) is 0 Å². The van der Waals surface area contributed by atoms with Crippen LogP contribution in [-0.4, -0.2) is 23.7 Å². The summed E-state index contributed by atoms with van der Waals surface area (Å²) in [5.41, 5.74) is 0.892. The van der Waals surface area contributed by atoms with Crippen molar-refractivity contribution in [3.05, 3.63) is 41.3 Å². The fourth-order valence-electron chi connectivity index (χ4n) is 1.61. The number of aromatic nitrogens is 2. The van der Waals surface area contributed by atoms with Crippen molar-refractivity contribution in [3.63, 3.8) is 0 Å². The standard InChI is InChI=1S/C14H16ClN3O2/c1-3-20-9-14-17-12(15)8-13(18-14)16-10-4-6-11(19-2)7-5-10/h4-8H,3,9H2,1-2H3,(H,16,17,18). The lowest BCUT2D eigenvalue weighted by atomic mass is 10.3. The Labute approximate surface area is 122 Å². The number of ether oxygens (including phenoxy) is 2. The number of benzene rings is 1. The molecule has 0 spiro atoms. The van der Waals surface area contributed by atoms with E-state index in [9.17, 15) is 0 Å². The number of rotatable bonds is 6. The number of methoxy groups -OCH3 is 1. The van der Waals surface area contributed by atoms with E-state index in [1.807, 2.05) is 31.2 Å². The molecule has 0 aliphatic rings. The van der Waals surface area contributed by atoms with Gasteiger partial charge in [0.1, 0.15) is 23.3 Å². The van der Waals surface area contributed by atoms with Gasteiger partial charge in [0.05, 0.1) is 7.11 Å². The smallest absolute Gasteiger partial charge is 0.158 e. The van der Waals surface area contributed by atoms with E-state index in [0.717, 1.165) is 11.4 Å². The number of anilines is 2. The van der Waals surface area contributed by atoms with Crippen molar-refractivity contribution in [2.45, 2.75) is 13.5 Å². The van der Waals surface area contributed by atoms with Crippen molar-refractivity contribution in [1.82, 2.24) is 9.97 Å². The molecule has 20 heavy (non-hydrogen) atoms. The van der Waals surface area contributed by atoms with Crippen molar-refractivity contribution in [3.8, 4) is 5.75 Å². The second-order valence-electron chi connectivity index (χ2n) is 3.98. The van der Waals surface area contributed by atoms with Crippen LogP contribution in [0.3, 0.4) is 0 Å². The van der Waals surface area contributed by atoms with E-state index in [2.05, 4.69) is 15.3 Å². The molecule has 2 aromatic rings. The highest BCUT2D eigenvalue weighted by atomic mass is 35.5. The molecule has 0 fully saturated rings. The zero-order valence-electron chi connectivity index (χ0n) is 11.4. The Morgan fingerprint density at radius 1 is 1.20 bits per heavy atom. The fourth-order valence-corrected chi connectivity index (χ4v) is 1.81. The largest absolute Gasteiger partial charge is 0.497 e. The van der Waals surface area contributed by atoms with Crippen LogP contribution in [0.2, 0.25) is 5.15 Å². The molecule has 0 aliphatic heterocycles. The highest BCUT2D eigenvalue weighted by molar-refractivity contribution is 6.29. The van der Waals surface area contributed by atoms with Crippen molar-refractivity contribution < 1.29 is 9.47 Å². The van der Waals surface area contributed by atoms with Crippen LogP contribution in [0, 0.1) is 0 Å². The highest BCUT2D eigenvalue weighted by Crippen LogP contribution is 2.20. The Morgan fingerprint density at radius 2 is 1.95 bits per heavy atom. The minimum absolute atomic E-state index is 0.342. The third-order valence-electron chi connectivity index (χ3n) is 2.54. The molecule has 0 saturated carbocycles. The predicted octanol–water partition coefficient (Wildman–Crippen LogP) is 3.42. The van der Waals surface area contributed by atoms with Crippen LogP contribution in [0.1, 0.15) is 12.7 Å². The summed E-state index contributed by atoms with van der Waals surface area (Å²) in [6, 6.07) is 9.20. The molecule has 0 saturated heterocycles. The first kappa shape index (κ1) is 14.6. The van der Waals surface area contributed by atoms with Crippen molar-refractivity contribution in [2.24, 2.45) is 0 Å². The lowest BCUT2D eigenvalue weighted by molar-refractivity contribution is 0.128. The third kappa shape index (κ3) is 4.08. The molecule has 0 atom stereocenters. The molecule has 0 aliphatic carbocycles. The van der Waals surface area contributed by atoms with Gasteiger partial charge in [-0.05, 0) is 31.2 Å². The third-order valence-corrected chi connectivity index (χ3v) is 2.73. The van der Waals surface area contributed by atoms with E-state index >= 15 is 0 Å². The average molecular weight is 294 g/mol. The second-order valence-corrected chi connectivity index (χ2v) is 4.37. The van der Waals surface area contributed by atoms with Crippen molar-refractivity contribution >= 4 is 23.1 Å². The predicted molar refractivity (Wildman–Crippen MR) is 78.6 cm³/mol. The average Bonchev–Trinajstić information content (AvgIpc) is 2.45. The van der Waals surface area contributed by atoms with Gasteiger partial charge in [-0.3, -0.25) is 0 Å². The topological polar surface area (TPSA) is 56.3 Å². The Kier molecular flexibility index (Phi) is 5.15. The van der Waals surface area contributed by atoms with Gasteiger partial charge in [0, 0.05) is 18.4 Å². The maximum Gasteiger partial charge on any atom is 0.158 e. The summed E-state index contributed by atoms with van der Waals surface area (Å²) in [6.07, 6.45) is 0. The van der Waals surface area contributed by atoms with Gasteiger partial charge in [-0.1, -0.05) is 11.6 Å². The minimum atomic E-state index is 0.342. The van der Waals surface area contributed by atoms with Crippen LogP contribution in [0.15, 0.2) is 30.3 Å². The van der Waals surface area contributed by atoms with Gasteiger partial charge < -0.3 is 14.8 Å². The van der Waals surface area contributed by atoms with Gasteiger partial charge in [0.2, 0.25) is 0 Å². The second kappa shape index (κ2) is 7.07. The molecule has 0 bridgehead atoms. The first-order valence-corrected chi connectivity index (χ1v) is 6.61. The number of nitrogens with zero attached hydrogens (tertiary/aromatic N) is 2. The molecule has 0 amide bonds. The van der Waals surface area contributed by atoms with E-state index in [-0.39, 0.29) is 0 Å². The summed E-state index contributed by atoms with van der Waals surface area (Å²) in [5.74, 6) is 1.98. The summed E-state index contributed by atoms with van der Waals surface area (Å²) >= 11 is 5.98. The molecule has 1 aromatic carbocycles. The minimum Gasteiger partial charge on any atom is -0.497 e. The van der Waals surface area contributed by atoms with Gasteiger partial charge in [-0.2, -0.15) is 0 Å². The van der Waals surface area contributed by atoms with E-state index in [0.29, 0.717) is 30.0 Å². The first-order chi connectivity index (χ1) is 9.71. The molecule has 0 radical (unpaired) electrons. The Morgan fingerprint density at radius 3 is 2.60 bits per heavy atom. The molecule has 1 N–H and O–H groups in total. The Hall–Kier alpha value is -1.85. The number of nitrogens with one attached hydrogen (secondary N) is 1. The molecule has 1 heterocycles. The lowest BCUT2D eigenvalue weighted by Crippen LogP contribution is -2.02. The highest BCUT2D eigenvalue weighted by Gasteiger charge is 2.04. The molecule has 5 nitrogen and oxygen atoms in total. The van der Waals surface area contributed by atoms with Crippen LogP contribution in [0.4, 0.5) is 11.5 Å². The van der Waals surface area contributed by atoms with Gasteiger partial charge >= 0.3 is 0 Å². The van der Waals surface area contributed by atoms with E-state index in [1.54, 1.807) is 13.2 Å². The first-order valence-electron chi connectivity index (χ1n) is 6.23. The van der Waals surface area contributed by atoms with E-state index < -0.39 is 0 Å². The maximum atomic E-state index is 5.98. The number of hydrogen-bond donors (Lipinski definition) is 1. The number of hydrogen-bond acceptors (Lipinski definition) is 5. The van der Waals surface area contributed by atoms with Crippen LogP contribution in [0.5, 0.6) is 5.75 Å². The zero-order chi connectivity index (χ0) is 14.4. The zero-order valence-corrected chi connectivity index (χ0v) is 12.1. The molecular formula is C14H16ClN3O2. The maximum absolute atomic E-state index is 5.98. The number of halogens is 1. The Bertz CT molecular complexity index is 561. The normalized spacial score (nSPS) is 10.3. The fraction of sp³-hybridized carbons (Fsp3) is 0.286. The molecule has 106 valence electrons. The van der Waals surface area contributed by atoms with Crippen molar-refractivity contribution in [2.75, 3.05) is 19.0 Å². The monoisotopic (exact) mass is 293 g/mol. The van der Waals surface area contributed by atoms with Gasteiger partial charge in [-0.25, -0.2) is 9.97 Å². The SMILES string of the molecule is CCOCc1nc(Cl)cc(Nc2ccc(OC)cc2)n1. The van der Waals surface area contributed by atoms with Crippen LogP contribution < -0.4 is 10.1 Å². The quantitative estimate of drug-likeness (QED) is 0.827. The molecule has 6 heteroatoms. The van der Waals surface area contributed by atoms with E-state index in [1.165, 1.54) is 0 Å². The Balaban J connectivity index is 2.12. The van der Waals surface area contributed by atoms with Gasteiger partial charge in [0.25, 0.3) is 0 Å². The van der Waals surface area contributed by atoms with Gasteiger partial charge in [0.15, 0.2) is 5.82 Å². The van der Waals surface area contributed by atoms with E-state index in [4.69, 9.17) is 21.1 Å². The summed E-state index contributed by atoms with van der Waals surface area (Å²) in [4.78, 5) is 8.46. The van der Waals surface area contributed by atoms with Crippen LogP contribution >= 0.6 is 11.6 Å². The lowest BCUT2D eigenvalue weighted by Gasteiger charge is -2.08. The molecular weight excluding hydrogens is 278 g/mol. The molecule has 0 unspecified atom stereocenters. The molecule has 1 aromatic heterocycles. The van der Waals surface area contributed by atoms with Crippen LogP contribution in [-0.2, 0) is 11.3 Å². The summed E-state index contributed by atoms with van der Waals surface area (Å²) in [6.45, 7) is 2.87.